The van der Waals surface area contributed by atoms with Gasteiger partial charge < -0.3 is 4.57 Å². The number of thiazole rings is 1. The van der Waals surface area contributed by atoms with E-state index in [9.17, 15) is 18.0 Å². The van der Waals surface area contributed by atoms with Gasteiger partial charge in [0, 0.05) is 13.2 Å². The van der Waals surface area contributed by atoms with Gasteiger partial charge in [-0.25, -0.2) is 23.1 Å². The standard InChI is InChI=1S/C14H12N4O4S2/c1-8-10(6-15-7-16-8)13(19)17-24(21,22)9-3-4-11-12(5-9)23-14(20)18(11)2/h3-7H,1-2H3,(H,17,19). The van der Waals surface area contributed by atoms with Gasteiger partial charge in [-0.05, 0) is 25.1 Å². The molecule has 0 radical (unpaired) electrons. The Hall–Kier alpha value is -2.59. The molecule has 0 atom stereocenters. The molecule has 0 aliphatic rings. The van der Waals surface area contributed by atoms with Crippen molar-refractivity contribution in [3.05, 3.63) is 51.6 Å². The number of carbonyl (C=O) groups excluding carboxylic acids is 1. The smallest absolute Gasteiger partial charge is 0.302 e. The molecule has 0 bridgehead atoms. The van der Waals surface area contributed by atoms with Crippen LogP contribution in [-0.4, -0.2) is 28.9 Å². The quantitative estimate of drug-likeness (QED) is 0.736. The summed E-state index contributed by atoms with van der Waals surface area (Å²) in [6.07, 6.45) is 2.52. The average Bonchev–Trinajstić information content (AvgIpc) is 2.81. The van der Waals surface area contributed by atoms with Crippen LogP contribution in [0.25, 0.3) is 10.2 Å². The number of hydrogen-bond donors (Lipinski definition) is 1. The van der Waals surface area contributed by atoms with Crippen molar-refractivity contribution in [2.75, 3.05) is 0 Å². The predicted octanol–water partition coefficient (Wildman–Crippen LogP) is 0.817. The summed E-state index contributed by atoms with van der Waals surface area (Å²) in [6.45, 7) is 1.58. The van der Waals surface area contributed by atoms with Gasteiger partial charge in [0.2, 0.25) is 0 Å². The van der Waals surface area contributed by atoms with Crippen molar-refractivity contribution >= 4 is 37.5 Å². The minimum absolute atomic E-state index is 0.0755. The molecule has 8 nitrogen and oxygen atoms in total. The number of sulfonamides is 1. The maximum absolute atomic E-state index is 12.4. The van der Waals surface area contributed by atoms with E-state index in [2.05, 4.69) is 9.97 Å². The van der Waals surface area contributed by atoms with Gasteiger partial charge >= 0.3 is 4.87 Å². The predicted molar refractivity (Wildman–Crippen MR) is 88.5 cm³/mol. The third-order valence-corrected chi connectivity index (χ3v) is 5.78. The van der Waals surface area contributed by atoms with E-state index in [0.717, 1.165) is 11.3 Å². The first-order chi connectivity index (χ1) is 11.3. The molecule has 1 aromatic carbocycles. The molecule has 24 heavy (non-hydrogen) atoms. The van der Waals surface area contributed by atoms with Crippen molar-refractivity contribution in [2.45, 2.75) is 11.8 Å². The molecule has 0 saturated heterocycles. The van der Waals surface area contributed by atoms with E-state index in [1.54, 1.807) is 14.0 Å². The maximum atomic E-state index is 12.4. The van der Waals surface area contributed by atoms with Gasteiger partial charge in [0.1, 0.15) is 6.33 Å². The van der Waals surface area contributed by atoms with E-state index in [1.807, 2.05) is 4.72 Å². The van der Waals surface area contributed by atoms with Crippen molar-refractivity contribution in [3.8, 4) is 0 Å². The molecule has 0 spiro atoms. The first kappa shape index (κ1) is 16.3. The fraction of sp³-hybridized carbons (Fsp3) is 0.143. The summed E-state index contributed by atoms with van der Waals surface area (Å²) < 4.78 is 28.8. The Kier molecular flexibility index (Phi) is 3.93. The highest BCUT2D eigenvalue weighted by Gasteiger charge is 2.21. The number of nitrogens with one attached hydrogen (secondary N) is 1. The monoisotopic (exact) mass is 364 g/mol. The topological polar surface area (TPSA) is 111 Å². The normalized spacial score (nSPS) is 11.6. The van der Waals surface area contributed by atoms with Crippen LogP contribution in [0.4, 0.5) is 0 Å². The Bertz CT molecular complexity index is 1120. The zero-order valence-electron chi connectivity index (χ0n) is 12.7. The Balaban J connectivity index is 1.97. The van der Waals surface area contributed by atoms with Crippen LogP contribution in [0.2, 0.25) is 0 Å². The molecular formula is C14H12N4O4S2. The molecule has 0 aliphatic carbocycles. The van der Waals surface area contributed by atoms with E-state index in [1.165, 1.54) is 35.3 Å². The van der Waals surface area contributed by atoms with Crippen LogP contribution < -0.4 is 9.60 Å². The molecule has 0 saturated carbocycles. The van der Waals surface area contributed by atoms with Crippen molar-refractivity contribution in [2.24, 2.45) is 7.05 Å². The summed E-state index contributed by atoms with van der Waals surface area (Å²) in [5.74, 6) is -0.811. The van der Waals surface area contributed by atoms with Crippen molar-refractivity contribution < 1.29 is 13.2 Å². The van der Waals surface area contributed by atoms with Gasteiger partial charge in [-0.1, -0.05) is 11.3 Å². The molecule has 2 heterocycles. The minimum Gasteiger partial charge on any atom is -0.302 e. The Labute approximate surface area is 140 Å². The molecule has 10 heteroatoms. The number of carbonyl (C=O) groups is 1. The molecule has 3 aromatic rings. The average molecular weight is 364 g/mol. The van der Waals surface area contributed by atoms with E-state index in [4.69, 9.17) is 0 Å². The van der Waals surface area contributed by atoms with Crippen molar-refractivity contribution in [1.29, 1.82) is 0 Å². The van der Waals surface area contributed by atoms with Crippen LogP contribution in [0.3, 0.4) is 0 Å². The van der Waals surface area contributed by atoms with Crippen LogP contribution in [0.15, 0.2) is 40.4 Å². The second kappa shape index (κ2) is 5.80. The van der Waals surface area contributed by atoms with Gasteiger partial charge in [0.15, 0.2) is 0 Å². The van der Waals surface area contributed by atoms with Crippen molar-refractivity contribution in [3.63, 3.8) is 0 Å². The molecule has 3 rings (SSSR count). The first-order valence-corrected chi connectivity index (χ1v) is 9.03. The Morgan fingerprint density at radius 2 is 2.08 bits per heavy atom. The lowest BCUT2D eigenvalue weighted by Crippen LogP contribution is -2.31. The Morgan fingerprint density at radius 3 is 2.79 bits per heavy atom. The SMILES string of the molecule is Cc1ncncc1C(=O)NS(=O)(=O)c1ccc2c(c1)sc(=O)n2C. The lowest BCUT2D eigenvalue weighted by Gasteiger charge is -2.08. The fourth-order valence-corrected chi connectivity index (χ4v) is 4.12. The number of amides is 1. The van der Waals surface area contributed by atoms with Crippen molar-refractivity contribution in [1.82, 2.24) is 19.3 Å². The molecule has 0 fully saturated rings. The zero-order chi connectivity index (χ0) is 17.5. The summed E-state index contributed by atoms with van der Waals surface area (Å²) in [5, 5.41) is 0. The van der Waals surface area contributed by atoms with Gasteiger partial charge in [0.05, 0.1) is 26.4 Å². The van der Waals surface area contributed by atoms with Crippen LogP contribution >= 0.6 is 11.3 Å². The summed E-state index contributed by atoms with van der Waals surface area (Å²) >= 11 is 0.937. The molecule has 1 N–H and O–H groups in total. The summed E-state index contributed by atoms with van der Waals surface area (Å²) in [4.78, 5) is 31.1. The van der Waals surface area contributed by atoms with Gasteiger partial charge in [-0.15, -0.1) is 0 Å². The number of nitrogens with zero attached hydrogens (tertiary/aromatic N) is 3. The summed E-state index contributed by atoms with van der Waals surface area (Å²) in [7, 11) is -2.47. The molecule has 0 aliphatic heterocycles. The van der Waals surface area contributed by atoms with E-state index >= 15 is 0 Å². The largest absolute Gasteiger partial charge is 0.307 e. The lowest BCUT2D eigenvalue weighted by atomic mass is 10.2. The first-order valence-electron chi connectivity index (χ1n) is 6.73. The highest BCUT2D eigenvalue weighted by Crippen LogP contribution is 2.21. The zero-order valence-corrected chi connectivity index (χ0v) is 14.3. The Morgan fingerprint density at radius 1 is 1.33 bits per heavy atom. The second-order valence-corrected chi connectivity index (χ2v) is 7.69. The van der Waals surface area contributed by atoms with E-state index in [0.29, 0.717) is 15.9 Å². The third-order valence-electron chi connectivity index (χ3n) is 3.46. The van der Waals surface area contributed by atoms with E-state index < -0.39 is 15.9 Å². The maximum Gasteiger partial charge on any atom is 0.307 e. The number of hydrogen-bond acceptors (Lipinski definition) is 7. The number of aromatic nitrogens is 3. The van der Waals surface area contributed by atoms with Crippen LogP contribution in [-0.2, 0) is 17.1 Å². The van der Waals surface area contributed by atoms with Gasteiger partial charge in [0.25, 0.3) is 15.9 Å². The highest BCUT2D eigenvalue weighted by atomic mass is 32.2. The fourth-order valence-electron chi connectivity index (χ4n) is 2.13. The van der Waals surface area contributed by atoms with E-state index in [-0.39, 0.29) is 15.3 Å². The van der Waals surface area contributed by atoms with Crippen LogP contribution in [0.1, 0.15) is 16.1 Å². The van der Waals surface area contributed by atoms with Crippen LogP contribution in [0.5, 0.6) is 0 Å². The second-order valence-electron chi connectivity index (χ2n) is 5.01. The number of benzene rings is 1. The molecule has 0 unspecified atom stereocenters. The highest BCUT2D eigenvalue weighted by molar-refractivity contribution is 7.90. The molecule has 1 amide bonds. The lowest BCUT2D eigenvalue weighted by molar-refractivity contribution is 0.0980. The third kappa shape index (κ3) is 2.81. The van der Waals surface area contributed by atoms with Gasteiger partial charge in [-0.2, -0.15) is 0 Å². The molecule has 2 aromatic heterocycles. The number of fused-ring (bicyclic) bond motifs is 1. The van der Waals surface area contributed by atoms with Crippen LogP contribution in [0, 0.1) is 6.92 Å². The summed E-state index contributed by atoms with van der Waals surface area (Å²) in [6, 6.07) is 4.24. The number of rotatable bonds is 3. The number of aryl methyl sites for hydroxylation is 2. The molecular weight excluding hydrogens is 352 g/mol. The van der Waals surface area contributed by atoms with Gasteiger partial charge in [-0.3, -0.25) is 9.59 Å². The molecule has 124 valence electrons. The summed E-state index contributed by atoms with van der Waals surface area (Å²) in [5.41, 5.74) is 1.07. The minimum atomic E-state index is -4.08.